The normalized spacial score (nSPS) is 26.1. The van der Waals surface area contributed by atoms with Gasteiger partial charge in [0.1, 0.15) is 0 Å². The highest BCUT2D eigenvalue weighted by Crippen LogP contribution is 2.34. The van der Waals surface area contributed by atoms with E-state index in [1.807, 2.05) is 12.1 Å². The monoisotopic (exact) mass is 250 g/mol. The lowest BCUT2D eigenvalue weighted by Gasteiger charge is -2.26. The lowest BCUT2D eigenvalue weighted by Crippen LogP contribution is -2.18. The summed E-state index contributed by atoms with van der Waals surface area (Å²) in [5.74, 6) is 0.784. The highest BCUT2D eigenvalue weighted by molar-refractivity contribution is 6.64. The quantitative estimate of drug-likeness (QED) is 0.675. The second kappa shape index (κ2) is 5.69. The summed E-state index contributed by atoms with van der Waals surface area (Å²) in [5, 5.41) is 0.848. The van der Waals surface area contributed by atoms with Crippen LogP contribution in [0.3, 0.4) is 0 Å². The van der Waals surface area contributed by atoms with Crippen molar-refractivity contribution in [1.82, 2.24) is 0 Å². The van der Waals surface area contributed by atoms with Crippen molar-refractivity contribution in [2.45, 2.75) is 37.8 Å². The van der Waals surface area contributed by atoms with Crippen LogP contribution in [0.25, 0.3) is 0 Å². The van der Waals surface area contributed by atoms with E-state index in [1.165, 1.54) is 30.5 Å². The maximum Gasteiger partial charge on any atom is 0.0611 e. The van der Waals surface area contributed by atoms with E-state index in [0.29, 0.717) is 0 Å². The highest BCUT2D eigenvalue weighted by Gasteiger charge is 2.21. The average molecular weight is 251 g/mol. The summed E-state index contributed by atoms with van der Waals surface area (Å²) in [4.78, 5) is 0. The van der Waals surface area contributed by atoms with E-state index in [9.17, 15) is 0 Å². The van der Waals surface area contributed by atoms with Gasteiger partial charge in [0.2, 0.25) is 0 Å². The molecule has 0 aromatic heterocycles. The van der Waals surface area contributed by atoms with Crippen LogP contribution in [-0.2, 0) is 0 Å². The van der Waals surface area contributed by atoms with Gasteiger partial charge in [-0.05, 0) is 43.4 Å². The van der Waals surface area contributed by atoms with Crippen molar-refractivity contribution in [3.8, 4) is 0 Å². The van der Waals surface area contributed by atoms with Gasteiger partial charge >= 0.3 is 0 Å². The fourth-order valence-electron chi connectivity index (χ4n) is 2.65. The fourth-order valence-corrected chi connectivity index (χ4v) is 5.66. The van der Waals surface area contributed by atoms with Crippen molar-refractivity contribution in [3.63, 3.8) is 0 Å². The summed E-state index contributed by atoms with van der Waals surface area (Å²) in [6.45, 7) is 2.15. The third-order valence-electron chi connectivity index (χ3n) is 3.58. The average Bonchev–Trinajstić information content (AvgIpc) is 2.32. The summed E-state index contributed by atoms with van der Waals surface area (Å²) in [5.41, 5.74) is 3.98. The summed E-state index contributed by atoms with van der Waals surface area (Å²) >= 11 is 5.91. The molecule has 0 radical (unpaired) electrons. The number of benzene rings is 1. The van der Waals surface area contributed by atoms with E-state index < -0.39 is 8.80 Å². The van der Waals surface area contributed by atoms with Gasteiger partial charge in [-0.3, -0.25) is 0 Å². The Kier molecular flexibility index (Phi) is 4.25. The van der Waals surface area contributed by atoms with Crippen molar-refractivity contribution in [3.05, 3.63) is 46.6 Å². The van der Waals surface area contributed by atoms with E-state index in [0.717, 1.165) is 10.9 Å². The van der Waals surface area contributed by atoms with Gasteiger partial charge in [0, 0.05) is 5.02 Å². The van der Waals surface area contributed by atoms with Crippen molar-refractivity contribution in [2.75, 3.05) is 0 Å². The second-order valence-electron chi connectivity index (χ2n) is 4.69. The molecule has 0 saturated carbocycles. The first-order valence-electron chi connectivity index (χ1n) is 6.18. The minimum Gasteiger partial charge on any atom is -0.102 e. The van der Waals surface area contributed by atoms with Crippen LogP contribution in [-0.4, -0.2) is 8.80 Å². The number of hydrogen-bond acceptors (Lipinski definition) is 0. The molecule has 0 atom stereocenters. The number of rotatable bonds is 2. The van der Waals surface area contributed by atoms with E-state index in [-0.39, 0.29) is 0 Å². The van der Waals surface area contributed by atoms with Crippen LogP contribution in [0, 0.1) is 0 Å². The smallest absolute Gasteiger partial charge is 0.0611 e. The van der Waals surface area contributed by atoms with Crippen LogP contribution in [0.15, 0.2) is 36.0 Å². The van der Waals surface area contributed by atoms with Gasteiger partial charge in [-0.25, -0.2) is 0 Å². The molecular formula is C14H19ClSi. The van der Waals surface area contributed by atoms with Gasteiger partial charge in [-0.1, -0.05) is 41.9 Å². The first-order valence-corrected chi connectivity index (χ1v) is 8.85. The second-order valence-corrected chi connectivity index (χ2v) is 8.19. The summed E-state index contributed by atoms with van der Waals surface area (Å²) in [6, 6.07) is 11.4. The zero-order valence-electron chi connectivity index (χ0n) is 9.83. The van der Waals surface area contributed by atoms with Crippen LogP contribution in [0.5, 0.6) is 0 Å². The molecule has 1 aromatic rings. The Morgan fingerprint density at radius 2 is 1.81 bits per heavy atom. The standard InChI is InChI=1S/C14H19ClSi/c1-2-9-16-10-7-13(8-11-16)12-3-5-14(15)6-4-12/h2-6,9,13,16H,7-8,10-11H2,1H3. The predicted octanol–water partition coefficient (Wildman–Crippen LogP) is 4.56. The molecule has 16 heavy (non-hydrogen) atoms. The van der Waals surface area contributed by atoms with Crippen LogP contribution >= 0.6 is 11.6 Å². The fraction of sp³-hybridized carbons (Fsp3) is 0.429. The minimum atomic E-state index is -0.505. The molecular weight excluding hydrogens is 232 g/mol. The molecule has 2 heteroatoms. The molecule has 0 spiro atoms. The Morgan fingerprint density at radius 3 is 2.38 bits per heavy atom. The summed E-state index contributed by atoms with van der Waals surface area (Å²) in [7, 11) is -0.505. The van der Waals surface area contributed by atoms with Gasteiger partial charge in [-0.15, -0.1) is 5.70 Å². The molecule has 0 nitrogen and oxygen atoms in total. The van der Waals surface area contributed by atoms with Crippen molar-refractivity contribution in [1.29, 1.82) is 0 Å². The summed E-state index contributed by atoms with van der Waals surface area (Å²) in [6.07, 6.45) is 5.01. The molecule has 1 aromatic carbocycles. The van der Waals surface area contributed by atoms with Crippen LogP contribution < -0.4 is 0 Å². The van der Waals surface area contributed by atoms with Crippen molar-refractivity contribution < 1.29 is 0 Å². The molecule has 0 N–H and O–H groups in total. The first kappa shape index (κ1) is 11.9. The molecule has 2 rings (SSSR count). The molecule has 1 heterocycles. The lowest BCUT2D eigenvalue weighted by molar-refractivity contribution is 0.611. The molecule has 0 unspecified atom stereocenters. The molecule has 1 fully saturated rings. The predicted molar refractivity (Wildman–Crippen MR) is 75.0 cm³/mol. The SMILES string of the molecule is CC=C[SiH]1CCC(c2ccc(Cl)cc2)CC1. The Bertz CT molecular complexity index is 348. The van der Waals surface area contributed by atoms with E-state index in [4.69, 9.17) is 11.6 Å². The zero-order valence-corrected chi connectivity index (χ0v) is 11.7. The molecule has 0 aliphatic carbocycles. The number of allylic oxidation sites excluding steroid dienone is 1. The highest BCUT2D eigenvalue weighted by atomic mass is 35.5. The van der Waals surface area contributed by atoms with Crippen LogP contribution in [0.4, 0.5) is 0 Å². The Balaban J connectivity index is 1.96. The summed E-state index contributed by atoms with van der Waals surface area (Å²) < 4.78 is 0. The van der Waals surface area contributed by atoms with Gasteiger partial charge in [0.05, 0.1) is 8.80 Å². The third kappa shape index (κ3) is 2.99. The van der Waals surface area contributed by atoms with Gasteiger partial charge in [0.25, 0.3) is 0 Å². The minimum absolute atomic E-state index is 0.505. The third-order valence-corrected chi connectivity index (χ3v) is 6.91. The van der Waals surface area contributed by atoms with Gasteiger partial charge < -0.3 is 0 Å². The van der Waals surface area contributed by atoms with E-state index in [2.05, 4.69) is 30.8 Å². The largest absolute Gasteiger partial charge is 0.102 e. The topological polar surface area (TPSA) is 0 Å². The molecule has 86 valence electrons. The Morgan fingerprint density at radius 1 is 1.19 bits per heavy atom. The molecule has 1 saturated heterocycles. The van der Waals surface area contributed by atoms with E-state index >= 15 is 0 Å². The molecule has 0 bridgehead atoms. The molecule has 1 aliphatic heterocycles. The maximum atomic E-state index is 5.91. The number of hydrogen-bond donors (Lipinski definition) is 0. The zero-order chi connectivity index (χ0) is 11.4. The van der Waals surface area contributed by atoms with Crippen LogP contribution in [0.2, 0.25) is 17.1 Å². The lowest BCUT2D eigenvalue weighted by atomic mass is 9.94. The van der Waals surface area contributed by atoms with E-state index in [1.54, 1.807) is 0 Å². The number of halogens is 1. The van der Waals surface area contributed by atoms with Gasteiger partial charge in [-0.2, -0.15) is 0 Å². The molecule has 0 amide bonds. The van der Waals surface area contributed by atoms with Crippen molar-refractivity contribution >= 4 is 20.4 Å². The maximum absolute atomic E-state index is 5.91. The van der Waals surface area contributed by atoms with Crippen LogP contribution in [0.1, 0.15) is 31.2 Å². The van der Waals surface area contributed by atoms with Crippen molar-refractivity contribution in [2.24, 2.45) is 0 Å². The Hall–Kier alpha value is -0.533. The first-order chi connectivity index (χ1) is 7.79. The Labute approximate surface area is 105 Å². The molecule has 1 aliphatic rings. The van der Waals surface area contributed by atoms with Gasteiger partial charge in [0.15, 0.2) is 0 Å².